The van der Waals surface area contributed by atoms with E-state index in [0.717, 1.165) is 37.4 Å². The summed E-state index contributed by atoms with van der Waals surface area (Å²) in [7, 11) is 6.07. The van der Waals surface area contributed by atoms with Gasteiger partial charge >= 0.3 is 0 Å². The van der Waals surface area contributed by atoms with Gasteiger partial charge in [-0.25, -0.2) is 5.43 Å². The second-order valence-corrected chi connectivity index (χ2v) is 8.36. The number of likely N-dealkylation sites (N-methyl/N-ethyl adjacent to an activating group) is 1. The molecule has 3 aromatic rings. The second kappa shape index (κ2) is 10.7. The van der Waals surface area contributed by atoms with E-state index in [1.165, 1.54) is 12.1 Å². The molecule has 0 aliphatic carbocycles. The summed E-state index contributed by atoms with van der Waals surface area (Å²) in [6, 6.07) is 14.1. The Morgan fingerprint density at radius 1 is 0.971 bits per heavy atom. The number of rotatable bonds is 8. The maximum atomic E-state index is 10.9. The molecule has 0 amide bonds. The number of piperazine rings is 1. The molecule has 1 aliphatic rings. The molecule has 12 heteroatoms. The van der Waals surface area contributed by atoms with Crippen molar-refractivity contribution >= 4 is 41.1 Å². The van der Waals surface area contributed by atoms with Gasteiger partial charge < -0.3 is 20.0 Å². The van der Waals surface area contributed by atoms with Crippen LogP contribution in [0.3, 0.4) is 0 Å². The normalized spacial score (nSPS) is 14.2. The first-order valence-corrected chi connectivity index (χ1v) is 11.1. The lowest BCUT2D eigenvalue weighted by molar-refractivity contribution is -0.384. The van der Waals surface area contributed by atoms with Gasteiger partial charge in [0, 0.05) is 63.8 Å². The van der Waals surface area contributed by atoms with E-state index < -0.39 is 4.92 Å². The minimum Gasteiger partial charge on any atom is -0.378 e. The minimum absolute atomic E-state index is 0.0135. The lowest BCUT2D eigenvalue weighted by Crippen LogP contribution is -2.45. The highest BCUT2D eigenvalue weighted by molar-refractivity contribution is 5.80. The highest BCUT2D eigenvalue weighted by Crippen LogP contribution is 2.21. The predicted molar refractivity (Wildman–Crippen MR) is 138 cm³/mol. The van der Waals surface area contributed by atoms with Crippen molar-refractivity contribution in [2.45, 2.75) is 0 Å². The summed E-state index contributed by atoms with van der Waals surface area (Å²) in [5.41, 5.74) is 5.57. The Labute approximate surface area is 203 Å². The third-order valence-electron chi connectivity index (χ3n) is 5.53. The predicted octanol–water partition coefficient (Wildman–Crippen LogP) is 2.79. The molecule has 4 rings (SSSR count). The summed E-state index contributed by atoms with van der Waals surface area (Å²) >= 11 is 0. The van der Waals surface area contributed by atoms with Crippen LogP contribution in [0.5, 0.6) is 0 Å². The summed E-state index contributed by atoms with van der Waals surface area (Å²) < 4.78 is 0. The molecule has 2 N–H and O–H groups in total. The molecule has 12 nitrogen and oxygen atoms in total. The summed E-state index contributed by atoms with van der Waals surface area (Å²) in [5.74, 6) is 1.14. The van der Waals surface area contributed by atoms with E-state index in [0.29, 0.717) is 23.5 Å². The summed E-state index contributed by atoms with van der Waals surface area (Å²) in [6.45, 7) is 3.39. The molecule has 0 spiro atoms. The standard InChI is InChI=1S/C23H28N10O2/c1-30(2)19-8-4-17(5-9-19)16-24-29-22-26-21(25-18-6-10-20(11-7-18)33(34)35)27-23(28-22)32-14-12-31(3)13-15-32/h4-11,16H,12-15H2,1-3H3,(H2,25,26,27,28,29)/b24-16+. The summed E-state index contributed by atoms with van der Waals surface area (Å²) in [6.07, 6.45) is 1.70. The quantitative estimate of drug-likeness (QED) is 0.284. The zero-order valence-electron chi connectivity index (χ0n) is 19.9. The number of hydrazone groups is 1. The zero-order valence-corrected chi connectivity index (χ0v) is 19.9. The molecule has 35 heavy (non-hydrogen) atoms. The van der Waals surface area contributed by atoms with Crippen LogP contribution in [0.25, 0.3) is 0 Å². The number of hydrogen-bond acceptors (Lipinski definition) is 11. The van der Waals surface area contributed by atoms with Crippen molar-refractivity contribution in [3.05, 3.63) is 64.2 Å². The molecule has 0 saturated carbocycles. The van der Waals surface area contributed by atoms with Crippen LogP contribution < -0.4 is 20.5 Å². The second-order valence-electron chi connectivity index (χ2n) is 8.36. The number of anilines is 5. The Hall–Kier alpha value is -4.32. The largest absolute Gasteiger partial charge is 0.378 e. The van der Waals surface area contributed by atoms with E-state index in [1.807, 2.05) is 43.3 Å². The molecule has 0 atom stereocenters. The molecule has 1 aliphatic heterocycles. The van der Waals surface area contributed by atoms with Crippen molar-refractivity contribution in [3.63, 3.8) is 0 Å². The third-order valence-corrected chi connectivity index (χ3v) is 5.53. The number of nitro groups is 1. The van der Waals surface area contributed by atoms with Crippen molar-refractivity contribution in [1.82, 2.24) is 19.9 Å². The molecule has 1 aromatic heterocycles. The first-order valence-electron chi connectivity index (χ1n) is 11.1. The molecular weight excluding hydrogens is 448 g/mol. The molecule has 0 radical (unpaired) electrons. The third kappa shape index (κ3) is 6.38. The Balaban J connectivity index is 1.53. The fraction of sp³-hybridized carbons (Fsp3) is 0.304. The minimum atomic E-state index is -0.438. The van der Waals surface area contributed by atoms with E-state index in [9.17, 15) is 10.1 Å². The van der Waals surface area contributed by atoms with Crippen molar-refractivity contribution < 1.29 is 4.92 Å². The maximum absolute atomic E-state index is 10.9. The smallest absolute Gasteiger partial charge is 0.269 e. The fourth-order valence-electron chi connectivity index (χ4n) is 3.44. The van der Waals surface area contributed by atoms with E-state index in [4.69, 9.17) is 0 Å². The molecule has 0 bridgehead atoms. The van der Waals surface area contributed by atoms with Gasteiger partial charge in [-0.15, -0.1) is 0 Å². The Morgan fingerprint density at radius 3 is 2.26 bits per heavy atom. The van der Waals surface area contributed by atoms with E-state index in [-0.39, 0.29) is 5.69 Å². The van der Waals surface area contributed by atoms with E-state index >= 15 is 0 Å². The van der Waals surface area contributed by atoms with Crippen LogP contribution in [0.4, 0.5) is 34.9 Å². The summed E-state index contributed by atoms with van der Waals surface area (Å²) in [4.78, 5) is 30.4. The Morgan fingerprint density at radius 2 is 1.63 bits per heavy atom. The first-order chi connectivity index (χ1) is 16.9. The van der Waals surface area contributed by atoms with Gasteiger partial charge in [-0.3, -0.25) is 10.1 Å². The lowest BCUT2D eigenvalue weighted by Gasteiger charge is -2.32. The Bertz CT molecular complexity index is 1170. The zero-order chi connectivity index (χ0) is 24.8. The van der Waals surface area contributed by atoms with Gasteiger partial charge in [-0.2, -0.15) is 20.1 Å². The van der Waals surface area contributed by atoms with Crippen molar-refractivity contribution in [2.24, 2.45) is 5.10 Å². The number of non-ortho nitro benzene ring substituents is 1. The van der Waals surface area contributed by atoms with E-state index in [1.54, 1.807) is 18.3 Å². The highest BCUT2D eigenvalue weighted by atomic mass is 16.6. The topological polar surface area (TPSA) is 128 Å². The van der Waals surface area contributed by atoms with Gasteiger partial charge in [0.25, 0.3) is 5.69 Å². The van der Waals surface area contributed by atoms with E-state index in [2.05, 4.69) is 47.6 Å². The number of nitro benzene ring substituents is 1. The monoisotopic (exact) mass is 476 g/mol. The number of benzene rings is 2. The Kier molecular flexibility index (Phi) is 7.31. The van der Waals surface area contributed by atoms with Crippen LogP contribution in [0.2, 0.25) is 0 Å². The van der Waals surface area contributed by atoms with Gasteiger partial charge in [0.15, 0.2) is 0 Å². The summed E-state index contributed by atoms with van der Waals surface area (Å²) in [5, 5.41) is 18.3. The van der Waals surface area contributed by atoms with Gasteiger partial charge in [0.05, 0.1) is 11.1 Å². The molecule has 2 heterocycles. The average Bonchev–Trinajstić information content (AvgIpc) is 2.85. The van der Waals surface area contributed by atoms with Gasteiger partial charge in [-0.1, -0.05) is 12.1 Å². The average molecular weight is 477 g/mol. The molecular formula is C23H28N10O2. The van der Waals surface area contributed by atoms with Gasteiger partial charge in [0.2, 0.25) is 17.8 Å². The molecule has 0 unspecified atom stereocenters. The lowest BCUT2D eigenvalue weighted by atomic mass is 10.2. The van der Waals surface area contributed by atoms with Crippen LogP contribution in [-0.4, -0.2) is 78.3 Å². The molecule has 182 valence electrons. The number of nitrogens with zero attached hydrogens (tertiary/aromatic N) is 8. The van der Waals surface area contributed by atoms with Crippen LogP contribution >= 0.6 is 0 Å². The van der Waals surface area contributed by atoms with Gasteiger partial charge in [-0.05, 0) is 36.9 Å². The number of hydrogen-bond donors (Lipinski definition) is 2. The SMILES string of the molecule is CN1CCN(c2nc(N/N=C/c3ccc(N(C)C)cc3)nc(Nc3ccc([N+](=O)[O-])cc3)n2)CC1. The van der Waals surface area contributed by atoms with Crippen LogP contribution in [0, 0.1) is 10.1 Å². The number of nitrogens with one attached hydrogen (secondary N) is 2. The first kappa shape index (κ1) is 23.8. The highest BCUT2D eigenvalue weighted by Gasteiger charge is 2.19. The van der Waals surface area contributed by atoms with Crippen molar-refractivity contribution in [2.75, 3.05) is 67.9 Å². The van der Waals surface area contributed by atoms with Crippen molar-refractivity contribution in [3.8, 4) is 0 Å². The molecule has 1 fully saturated rings. The maximum Gasteiger partial charge on any atom is 0.269 e. The van der Waals surface area contributed by atoms with Crippen LogP contribution in [-0.2, 0) is 0 Å². The van der Waals surface area contributed by atoms with Crippen molar-refractivity contribution in [1.29, 1.82) is 0 Å². The molecule has 2 aromatic carbocycles. The van der Waals surface area contributed by atoms with Crippen LogP contribution in [0.1, 0.15) is 5.56 Å². The van der Waals surface area contributed by atoms with Crippen LogP contribution in [0.15, 0.2) is 53.6 Å². The van der Waals surface area contributed by atoms with Gasteiger partial charge in [0.1, 0.15) is 0 Å². The number of aromatic nitrogens is 3. The molecule has 1 saturated heterocycles. The fourth-order valence-corrected chi connectivity index (χ4v) is 3.44.